The number of hydrogen-bond acceptors (Lipinski definition) is 4. The van der Waals surface area contributed by atoms with Crippen molar-refractivity contribution in [3.8, 4) is 5.75 Å². The summed E-state index contributed by atoms with van der Waals surface area (Å²) in [7, 11) is -1.59. The van der Waals surface area contributed by atoms with E-state index in [0.717, 1.165) is 6.42 Å². The van der Waals surface area contributed by atoms with Gasteiger partial charge in [0, 0.05) is 19.3 Å². The largest absolute Gasteiger partial charge is 0.492 e. The van der Waals surface area contributed by atoms with Crippen LogP contribution in [0.4, 0.5) is 5.69 Å². The fourth-order valence-electron chi connectivity index (χ4n) is 2.08. The third-order valence-electron chi connectivity index (χ3n) is 3.73. The molecule has 1 aliphatic carbocycles. The second-order valence-corrected chi connectivity index (χ2v) is 7.68. The fourth-order valence-corrected chi connectivity index (χ4v) is 3.11. The molecule has 0 aliphatic heterocycles. The topological polar surface area (TPSA) is 72.6 Å². The molecule has 0 aromatic heterocycles. The lowest BCUT2D eigenvalue weighted by molar-refractivity contribution is 0.336. The number of nitrogens with zero attached hydrogens (tertiary/aromatic N) is 1. The normalized spacial score (nSPS) is 21.9. The van der Waals surface area contributed by atoms with Crippen LogP contribution >= 0.6 is 0 Å². The van der Waals surface area contributed by atoms with Crippen LogP contribution in [0.25, 0.3) is 0 Å². The SMILES string of the molecule is CC1CC1CN(C)S(=O)(=O)CCOc1ccc(N)cc1. The van der Waals surface area contributed by atoms with Gasteiger partial charge < -0.3 is 10.5 Å². The van der Waals surface area contributed by atoms with Gasteiger partial charge in [0.25, 0.3) is 0 Å². The molecule has 0 saturated heterocycles. The van der Waals surface area contributed by atoms with Crippen molar-refractivity contribution in [3.05, 3.63) is 24.3 Å². The zero-order valence-electron chi connectivity index (χ0n) is 12.0. The van der Waals surface area contributed by atoms with Crippen LogP contribution in [0.2, 0.25) is 0 Å². The van der Waals surface area contributed by atoms with E-state index in [0.29, 0.717) is 29.8 Å². The van der Waals surface area contributed by atoms with Crippen LogP contribution in [0, 0.1) is 11.8 Å². The van der Waals surface area contributed by atoms with Crippen molar-refractivity contribution in [3.63, 3.8) is 0 Å². The van der Waals surface area contributed by atoms with Gasteiger partial charge in [0.15, 0.2) is 0 Å². The number of ether oxygens (including phenoxy) is 1. The van der Waals surface area contributed by atoms with Gasteiger partial charge in [0.05, 0.1) is 5.75 Å². The lowest BCUT2D eigenvalue weighted by atomic mass is 10.3. The van der Waals surface area contributed by atoms with Gasteiger partial charge in [0.1, 0.15) is 12.4 Å². The molecule has 0 spiro atoms. The van der Waals surface area contributed by atoms with Crippen molar-refractivity contribution in [1.82, 2.24) is 4.31 Å². The number of benzene rings is 1. The van der Waals surface area contributed by atoms with Gasteiger partial charge in [-0.25, -0.2) is 12.7 Å². The third-order valence-corrected chi connectivity index (χ3v) is 5.51. The van der Waals surface area contributed by atoms with E-state index in [-0.39, 0.29) is 12.4 Å². The van der Waals surface area contributed by atoms with Crippen LogP contribution in [0.15, 0.2) is 24.3 Å². The van der Waals surface area contributed by atoms with Crippen LogP contribution in [-0.4, -0.2) is 38.7 Å². The summed E-state index contributed by atoms with van der Waals surface area (Å²) in [6.45, 7) is 2.91. The van der Waals surface area contributed by atoms with Crippen molar-refractivity contribution in [2.75, 3.05) is 31.7 Å². The fraction of sp³-hybridized carbons (Fsp3) is 0.571. The second kappa shape index (κ2) is 6.01. The number of sulfonamides is 1. The Morgan fingerprint density at radius 3 is 2.50 bits per heavy atom. The van der Waals surface area contributed by atoms with E-state index in [1.807, 2.05) is 0 Å². The Hall–Kier alpha value is -1.27. The van der Waals surface area contributed by atoms with E-state index in [2.05, 4.69) is 6.92 Å². The van der Waals surface area contributed by atoms with Gasteiger partial charge in [-0.15, -0.1) is 0 Å². The van der Waals surface area contributed by atoms with E-state index >= 15 is 0 Å². The molecule has 1 aromatic rings. The molecule has 5 nitrogen and oxygen atoms in total. The minimum atomic E-state index is -3.23. The highest BCUT2D eigenvalue weighted by Gasteiger charge is 2.35. The van der Waals surface area contributed by atoms with Gasteiger partial charge >= 0.3 is 0 Å². The first kappa shape index (κ1) is 15.1. The number of hydrogen-bond donors (Lipinski definition) is 1. The molecular formula is C14H22N2O3S. The first-order valence-corrected chi connectivity index (χ1v) is 8.42. The Morgan fingerprint density at radius 2 is 1.95 bits per heavy atom. The predicted molar refractivity (Wildman–Crippen MR) is 80.0 cm³/mol. The highest BCUT2D eigenvalue weighted by Crippen LogP contribution is 2.38. The van der Waals surface area contributed by atoms with Gasteiger partial charge in [-0.05, 0) is 42.5 Å². The summed E-state index contributed by atoms with van der Waals surface area (Å²) in [4.78, 5) is 0. The molecule has 0 radical (unpaired) electrons. The predicted octanol–water partition coefficient (Wildman–Crippen LogP) is 1.57. The highest BCUT2D eigenvalue weighted by atomic mass is 32.2. The molecule has 2 N–H and O–H groups in total. The minimum absolute atomic E-state index is 0.00498. The summed E-state index contributed by atoms with van der Waals surface area (Å²) >= 11 is 0. The van der Waals surface area contributed by atoms with E-state index in [4.69, 9.17) is 10.5 Å². The molecule has 1 aliphatic rings. The zero-order chi connectivity index (χ0) is 14.8. The van der Waals surface area contributed by atoms with Crippen LogP contribution < -0.4 is 10.5 Å². The number of rotatable bonds is 7. The van der Waals surface area contributed by atoms with Crippen molar-refractivity contribution in [2.24, 2.45) is 11.8 Å². The van der Waals surface area contributed by atoms with Crippen LogP contribution in [0.3, 0.4) is 0 Å². The van der Waals surface area contributed by atoms with Crippen molar-refractivity contribution in [2.45, 2.75) is 13.3 Å². The molecule has 0 amide bonds. The van der Waals surface area contributed by atoms with E-state index in [9.17, 15) is 8.42 Å². The van der Waals surface area contributed by atoms with Gasteiger partial charge in [-0.2, -0.15) is 0 Å². The summed E-state index contributed by atoms with van der Waals surface area (Å²) in [6.07, 6.45) is 1.13. The molecular weight excluding hydrogens is 276 g/mol. The van der Waals surface area contributed by atoms with E-state index in [1.54, 1.807) is 31.3 Å². The third kappa shape index (κ3) is 4.11. The average Bonchev–Trinajstić information content (AvgIpc) is 3.07. The summed E-state index contributed by atoms with van der Waals surface area (Å²) < 4.78 is 31.0. The van der Waals surface area contributed by atoms with Crippen LogP contribution in [0.5, 0.6) is 5.75 Å². The Balaban J connectivity index is 1.78. The zero-order valence-corrected chi connectivity index (χ0v) is 12.8. The Kier molecular flexibility index (Phi) is 4.55. The summed E-state index contributed by atoms with van der Waals surface area (Å²) in [5.74, 6) is 1.80. The Morgan fingerprint density at radius 1 is 1.35 bits per heavy atom. The molecule has 1 aromatic carbocycles. The molecule has 20 heavy (non-hydrogen) atoms. The maximum atomic E-state index is 12.1. The van der Waals surface area contributed by atoms with Crippen LogP contribution in [0.1, 0.15) is 13.3 Å². The molecule has 6 heteroatoms. The van der Waals surface area contributed by atoms with Crippen molar-refractivity contribution < 1.29 is 13.2 Å². The summed E-state index contributed by atoms with van der Waals surface area (Å²) in [5, 5.41) is 0. The molecule has 0 heterocycles. The smallest absolute Gasteiger partial charge is 0.217 e. The molecule has 2 atom stereocenters. The minimum Gasteiger partial charge on any atom is -0.492 e. The maximum Gasteiger partial charge on any atom is 0.217 e. The number of nitrogen functional groups attached to an aromatic ring is 1. The molecule has 0 bridgehead atoms. The van der Waals surface area contributed by atoms with E-state index < -0.39 is 10.0 Å². The monoisotopic (exact) mass is 298 g/mol. The lowest BCUT2D eigenvalue weighted by Crippen LogP contribution is -2.33. The second-order valence-electron chi connectivity index (χ2n) is 5.49. The Bertz CT molecular complexity index is 542. The van der Waals surface area contributed by atoms with Gasteiger partial charge in [0.2, 0.25) is 10.0 Å². The average molecular weight is 298 g/mol. The van der Waals surface area contributed by atoms with Gasteiger partial charge in [-0.1, -0.05) is 6.92 Å². The molecule has 1 saturated carbocycles. The first-order chi connectivity index (χ1) is 9.38. The molecule has 2 rings (SSSR count). The number of nitrogens with two attached hydrogens (primary N) is 1. The quantitative estimate of drug-likeness (QED) is 0.775. The number of anilines is 1. The maximum absolute atomic E-state index is 12.1. The molecule has 112 valence electrons. The van der Waals surface area contributed by atoms with Crippen molar-refractivity contribution >= 4 is 15.7 Å². The Labute approximate surface area is 120 Å². The van der Waals surface area contributed by atoms with Crippen molar-refractivity contribution in [1.29, 1.82) is 0 Å². The molecule has 2 unspecified atom stereocenters. The standard InChI is InChI=1S/C14H22N2O3S/c1-11-9-12(11)10-16(2)20(17,18)8-7-19-14-5-3-13(15)4-6-14/h3-6,11-12H,7-10,15H2,1-2H3. The first-order valence-electron chi connectivity index (χ1n) is 6.81. The molecule has 1 fully saturated rings. The lowest BCUT2D eigenvalue weighted by Gasteiger charge is -2.17. The summed E-state index contributed by atoms with van der Waals surface area (Å²) in [6, 6.07) is 6.92. The van der Waals surface area contributed by atoms with Crippen LogP contribution in [-0.2, 0) is 10.0 Å². The summed E-state index contributed by atoms with van der Waals surface area (Å²) in [5.41, 5.74) is 6.23. The van der Waals surface area contributed by atoms with Gasteiger partial charge in [-0.3, -0.25) is 0 Å². The van der Waals surface area contributed by atoms with E-state index in [1.165, 1.54) is 4.31 Å². The highest BCUT2D eigenvalue weighted by molar-refractivity contribution is 7.89.